The lowest BCUT2D eigenvalue weighted by Gasteiger charge is -1.88. The van der Waals surface area contributed by atoms with E-state index in [0.29, 0.717) is 12.3 Å². The van der Waals surface area contributed by atoms with E-state index in [4.69, 9.17) is 11.6 Å². The van der Waals surface area contributed by atoms with Gasteiger partial charge in [0.15, 0.2) is 4.69 Å². The number of unbranched alkanes of at least 4 members (excludes halogenated alkanes) is 1. The van der Waals surface area contributed by atoms with Gasteiger partial charge in [0, 0.05) is 12.3 Å². The Morgan fingerprint density at radius 2 is 2.12 bits per heavy atom. The molecule has 0 amide bonds. The Labute approximate surface area is 62.5 Å². The normalized spacial score (nSPS) is 9.25. The first-order valence-corrected chi connectivity index (χ1v) is 3.84. The smallest absolute Gasteiger partial charge is 0.197 e. The van der Waals surface area contributed by atoms with Crippen molar-refractivity contribution in [3.63, 3.8) is 0 Å². The number of halogens is 2. The number of hydrogen-bond donors (Lipinski definition) is 0. The maximum absolute atomic E-state index is 10.2. The summed E-state index contributed by atoms with van der Waals surface area (Å²) in [5.74, 6) is 0.653. The Morgan fingerprint density at radius 1 is 1.50 bits per heavy atom. The van der Waals surface area contributed by atoms with Crippen LogP contribution < -0.4 is 0 Å². The predicted molar refractivity (Wildman–Crippen MR) is 38.5 cm³/mol. The molecule has 0 aliphatic heterocycles. The summed E-state index contributed by atoms with van der Waals surface area (Å²) in [5.41, 5.74) is 0. The lowest BCUT2D eigenvalue weighted by molar-refractivity contribution is -0.110. The average molecular weight is 199 g/mol. The molecule has 0 spiro atoms. The van der Waals surface area contributed by atoms with E-state index in [1.807, 2.05) is 0 Å². The van der Waals surface area contributed by atoms with E-state index in [2.05, 4.69) is 15.9 Å². The van der Waals surface area contributed by atoms with Crippen molar-refractivity contribution in [1.82, 2.24) is 0 Å². The topological polar surface area (TPSA) is 17.1 Å². The van der Waals surface area contributed by atoms with Crippen molar-refractivity contribution in [3.05, 3.63) is 0 Å². The third-order valence-electron chi connectivity index (χ3n) is 0.757. The van der Waals surface area contributed by atoms with Crippen LogP contribution in [-0.4, -0.2) is 10.6 Å². The highest BCUT2D eigenvalue weighted by Crippen LogP contribution is 2.00. The molecule has 0 N–H and O–H groups in total. The molecule has 0 aromatic carbocycles. The fourth-order valence-electron chi connectivity index (χ4n) is 0.358. The molecule has 0 saturated heterocycles. The summed E-state index contributed by atoms with van der Waals surface area (Å²) in [7, 11) is 0. The fourth-order valence-corrected chi connectivity index (χ4v) is 0.828. The van der Waals surface area contributed by atoms with Gasteiger partial charge in [0.05, 0.1) is 0 Å². The van der Waals surface area contributed by atoms with Gasteiger partial charge in [-0.2, -0.15) is 0 Å². The van der Waals surface area contributed by atoms with E-state index in [9.17, 15) is 4.79 Å². The van der Waals surface area contributed by atoms with Crippen molar-refractivity contribution in [3.8, 4) is 0 Å². The van der Waals surface area contributed by atoms with E-state index >= 15 is 0 Å². The van der Waals surface area contributed by atoms with Crippen LogP contribution in [0.5, 0.6) is 0 Å². The molecular formula is C5H8BrClO. The molecule has 48 valence electrons. The average Bonchev–Trinajstić information content (AvgIpc) is 1.66. The predicted octanol–water partition coefficient (Wildman–Crippen LogP) is 2.32. The van der Waals surface area contributed by atoms with Crippen molar-refractivity contribution in [2.75, 3.05) is 5.88 Å². The summed E-state index contributed by atoms with van der Waals surface area (Å²) in [6, 6.07) is 0. The third kappa shape index (κ3) is 6.44. The Bertz CT molecular complexity index is 74.8. The van der Waals surface area contributed by atoms with Gasteiger partial charge in [-0.15, -0.1) is 11.6 Å². The molecule has 8 heavy (non-hydrogen) atoms. The van der Waals surface area contributed by atoms with Gasteiger partial charge in [0.2, 0.25) is 0 Å². The van der Waals surface area contributed by atoms with Crippen LogP contribution in [0, 0.1) is 0 Å². The molecule has 0 unspecified atom stereocenters. The zero-order valence-electron chi connectivity index (χ0n) is 4.49. The minimum Gasteiger partial charge on any atom is -0.287 e. The third-order valence-corrected chi connectivity index (χ3v) is 1.42. The number of carbonyl (C=O) groups is 1. The quantitative estimate of drug-likeness (QED) is 0.386. The molecule has 0 atom stereocenters. The van der Waals surface area contributed by atoms with Gasteiger partial charge in [0.1, 0.15) is 0 Å². The van der Waals surface area contributed by atoms with E-state index in [1.165, 1.54) is 0 Å². The van der Waals surface area contributed by atoms with Crippen molar-refractivity contribution in [2.24, 2.45) is 0 Å². The van der Waals surface area contributed by atoms with E-state index < -0.39 is 0 Å². The highest BCUT2D eigenvalue weighted by atomic mass is 79.9. The highest BCUT2D eigenvalue weighted by Gasteiger charge is 1.92. The maximum atomic E-state index is 10.2. The van der Waals surface area contributed by atoms with Crippen LogP contribution in [0.1, 0.15) is 19.3 Å². The van der Waals surface area contributed by atoms with Crippen LogP contribution >= 0.6 is 27.5 Å². The van der Waals surface area contributed by atoms with Gasteiger partial charge >= 0.3 is 0 Å². The van der Waals surface area contributed by atoms with Gasteiger partial charge < -0.3 is 0 Å². The zero-order valence-corrected chi connectivity index (χ0v) is 6.83. The Balaban J connectivity index is 2.82. The van der Waals surface area contributed by atoms with Crippen LogP contribution in [0.15, 0.2) is 0 Å². The largest absolute Gasteiger partial charge is 0.287 e. The second-order valence-electron chi connectivity index (χ2n) is 1.50. The van der Waals surface area contributed by atoms with Gasteiger partial charge in [-0.25, -0.2) is 0 Å². The van der Waals surface area contributed by atoms with Crippen molar-refractivity contribution < 1.29 is 4.79 Å². The number of carbonyl (C=O) groups excluding carboxylic acids is 1. The standard InChI is InChI=1S/C5H8BrClO/c6-5(8)3-1-2-4-7/h1-4H2. The molecule has 1 nitrogen and oxygen atoms in total. The maximum Gasteiger partial charge on any atom is 0.197 e. The molecule has 0 aliphatic rings. The molecular weight excluding hydrogens is 191 g/mol. The van der Waals surface area contributed by atoms with Gasteiger partial charge in [-0.3, -0.25) is 4.79 Å². The first kappa shape index (κ1) is 8.44. The molecule has 0 rings (SSSR count). The minimum atomic E-state index is 0.0719. The Morgan fingerprint density at radius 3 is 2.50 bits per heavy atom. The second-order valence-corrected chi connectivity index (χ2v) is 2.76. The molecule has 0 fully saturated rings. The highest BCUT2D eigenvalue weighted by molar-refractivity contribution is 9.18. The molecule has 0 bridgehead atoms. The van der Waals surface area contributed by atoms with Gasteiger partial charge in [-0.05, 0) is 28.8 Å². The monoisotopic (exact) mass is 198 g/mol. The molecule has 0 aliphatic carbocycles. The Hall–Kier alpha value is 0.440. The zero-order chi connectivity index (χ0) is 6.41. The summed E-state index contributed by atoms with van der Waals surface area (Å²) in [4.78, 5) is 10.2. The number of hydrogen-bond acceptors (Lipinski definition) is 1. The summed E-state index contributed by atoms with van der Waals surface area (Å²) < 4.78 is 0.0719. The second kappa shape index (κ2) is 5.57. The molecule has 3 heteroatoms. The van der Waals surface area contributed by atoms with Gasteiger partial charge in [0.25, 0.3) is 0 Å². The Kier molecular flexibility index (Phi) is 5.88. The lowest BCUT2D eigenvalue weighted by Crippen LogP contribution is -1.84. The molecule has 0 aromatic rings. The first-order valence-electron chi connectivity index (χ1n) is 2.51. The minimum absolute atomic E-state index is 0.0719. The van der Waals surface area contributed by atoms with Crippen LogP contribution in [0.2, 0.25) is 0 Å². The van der Waals surface area contributed by atoms with Crippen LogP contribution in [0.4, 0.5) is 0 Å². The summed E-state index contributed by atoms with van der Waals surface area (Å²) in [6.45, 7) is 0. The van der Waals surface area contributed by atoms with E-state index in [1.54, 1.807) is 0 Å². The SMILES string of the molecule is O=C(Br)CCCCCl. The van der Waals surface area contributed by atoms with Crippen molar-refractivity contribution in [2.45, 2.75) is 19.3 Å². The van der Waals surface area contributed by atoms with Crippen LogP contribution in [-0.2, 0) is 4.79 Å². The number of alkyl halides is 1. The number of rotatable bonds is 4. The fraction of sp³-hybridized carbons (Fsp3) is 0.800. The molecule has 0 heterocycles. The van der Waals surface area contributed by atoms with E-state index in [0.717, 1.165) is 12.8 Å². The van der Waals surface area contributed by atoms with Crippen molar-refractivity contribution in [1.29, 1.82) is 0 Å². The van der Waals surface area contributed by atoms with Gasteiger partial charge in [-0.1, -0.05) is 0 Å². The van der Waals surface area contributed by atoms with E-state index in [-0.39, 0.29) is 4.69 Å². The summed E-state index contributed by atoms with van der Waals surface area (Å²) >= 11 is 8.18. The molecule has 0 radical (unpaired) electrons. The lowest BCUT2D eigenvalue weighted by atomic mass is 10.3. The molecule has 0 aromatic heterocycles. The van der Waals surface area contributed by atoms with Crippen molar-refractivity contribution >= 4 is 32.2 Å². The van der Waals surface area contributed by atoms with Crippen LogP contribution in [0.25, 0.3) is 0 Å². The first-order chi connectivity index (χ1) is 3.77. The van der Waals surface area contributed by atoms with Crippen LogP contribution in [0.3, 0.4) is 0 Å². The summed E-state index contributed by atoms with van der Waals surface area (Å²) in [6.07, 6.45) is 2.43. The molecule has 0 saturated carbocycles. The summed E-state index contributed by atoms with van der Waals surface area (Å²) in [5, 5.41) is 0.